The van der Waals surface area contributed by atoms with Crippen LogP contribution >= 0.6 is 0 Å². The third-order valence-electron chi connectivity index (χ3n) is 6.93. The van der Waals surface area contributed by atoms with Crippen LogP contribution in [0.1, 0.15) is 90.2 Å². The molecule has 2 rings (SSSR count). The minimum Gasteiger partial charge on any atom is -0.480 e. The summed E-state index contributed by atoms with van der Waals surface area (Å²) in [5.74, 6) is 0.128. The summed E-state index contributed by atoms with van der Waals surface area (Å²) in [5.41, 5.74) is -0.194. The molecule has 0 heterocycles. The Morgan fingerprint density at radius 1 is 0.969 bits per heavy atom. The Hall–Kier alpha value is -1.56. The van der Waals surface area contributed by atoms with E-state index in [0.29, 0.717) is 18.3 Å². The van der Waals surface area contributed by atoms with Crippen LogP contribution in [0.25, 0.3) is 0 Å². The summed E-state index contributed by atoms with van der Waals surface area (Å²) in [7, 11) is 0. The summed E-state index contributed by atoms with van der Waals surface area (Å²) in [4.78, 5) is 14.6. The van der Waals surface area contributed by atoms with Crippen molar-refractivity contribution in [2.75, 3.05) is 13.1 Å². The maximum Gasteiger partial charge on any atom is 0.416 e. The molecule has 0 saturated heterocycles. The summed E-state index contributed by atoms with van der Waals surface area (Å²) in [5, 5.41) is 10.2. The standard InChI is InChI=1S/C26H40F3NO2/c1-19(2)12-16-30(17-13-20(3)4)23(24(31)32)18-25(14-6-5-7-15-25)21-8-10-22(11-9-21)26(27,28)29/h8-11,19-20,23H,5-7,12-18H2,1-4H3,(H,31,32). The minimum absolute atomic E-state index is 0.390. The quantitative estimate of drug-likeness (QED) is 0.385. The van der Waals surface area contributed by atoms with Gasteiger partial charge in [-0.2, -0.15) is 13.2 Å². The normalized spacial score (nSPS) is 17.8. The van der Waals surface area contributed by atoms with Crippen molar-refractivity contribution >= 4 is 5.97 Å². The number of carboxylic acids is 1. The monoisotopic (exact) mass is 455 g/mol. The smallest absolute Gasteiger partial charge is 0.416 e. The molecule has 1 N–H and O–H groups in total. The van der Waals surface area contributed by atoms with Gasteiger partial charge in [0.2, 0.25) is 0 Å². The average molecular weight is 456 g/mol. The SMILES string of the molecule is CC(C)CCN(CCC(C)C)C(CC1(c2ccc(C(F)(F)F)cc2)CCCCC1)C(=O)O. The Morgan fingerprint density at radius 3 is 1.88 bits per heavy atom. The molecule has 0 aliphatic heterocycles. The van der Waals surface area contributed by atoms with Gasteiger partial charge in [-0.3, -0.25) is 9.69 Å². The molecular weight excluding hydrogens is 415 g/mol. The van der Waals surface area contributed by atoms with Crippen molar-refractivity contribution in [1.82, 2.24) is 4.90 Å². The van der Waals surface area contributed by atoms with Crippen molar-refractivity contribution in [1.29, 1.82) is 0 Å². The van der Waals surface area contributed by atoms with Crippen LogP contribution in [0.3, 0.4) is 0 Å². The number of carboxylic acid groups (broad SMARTS) is 1. The van der Waals surface area contributed by atoms with Gasteiger partial charge in [-0.15, -0.1) is 0 Å². The second-order valence-electron chi connectivity index (χ2n) is 10.4. The molecule has 1 aliphatic rings. The minimum atomic E-state index is -4.37. The highest BCUT2D eigenvalue weighted by Crippen LogP contribution is 2.44. The molecule has 6 heteroatoms. The predicted molar refractivity (Wildman–Crippen MR) is 123 cm³/mol. The number of carbonyl (C=O) groups is 1. The van der Waals surface area contributed by atoms with Crippen LogP contribution < -0.4 is 0 Å². The van der Waals surface area contributed by atoms with Gasteiger partial charge in [0.25, 0.3) is 0 Å². The third-order valence-corrected chi connectivity index (χ3v) is 6.93. The fourth-order valence-electron chi connectivity index (χ4n) is 4.87. The molecule has 0 aromatic heterocycles. The highest BCUT2D eigenvalue weighted by Gasteiger charge is 2.41. The predicted octanol–water partition coefficient (Wildman–Crippen LogP) is 7.14. The molecule has 3 nitrogen and oxygen atoms in total. The Bertz CT molecular complexity index is 695. The second kappa shape index (κ2) is 11.5. The molecule has 1 fully saturated rings. The van der Waals surface area contributed by atoms with E-state index < -0.39 is 23.8 Å². The highest BCUT2D eigenvalue weighted by molar-refractivity contribution is 5.73. The van der Waals surface area contributed by atoms with Crippen molar-refractivity contribution < 1.29 is 23.1 Å². The lowest BCUT2D eigenvalue weighted by molar-refractivity contribution is -0.144. The zero-order chi connectivity index (χ0) is 23.9. The molecular formula is C26H40F3NO2. The maximum absolute atomic E-state index is 13.1. The first-order valence-corrected chi connectivity index (χ1v) is 12.1. The second-order valence-corrected chi connectivity index (χ2v) is 10.4. The Labute approximate surface area is 191 Å². The Balaban J connectivity index is 2.35. The maximum atomic E-state index is 13.1. The lowest BCUT2D eigenvalue weighted by Gasteiger charge is -2.42. The molecule has 1 aromatic rings. The zero-order valence-electron chi connectivity index (χ0n) is 20.0. The lowest BCUT2D eigenvalue weighted by Crippen LogP contribution is -2.47. The topological polar surface area (TPSA) is 40.5 Å². The Morgan fingerprint density at radius 2 is 1.47 bits per heavy atom. The van der Waals surface area contributed by atoms with Crippen LogP contribution in [0.2, 0.25) is 0 Å². The molecule has 182 valence electrons. The molecule has 32 heavy (non-hydrogen) atoms. The van der Waals surface area contributed by atoms with E-state index in [9.17, 15) is 23.1 Å². The van der Waals surface area contributed by atoms with Gasteiger partial charge >= 0.3 is 12.1 Å². The summed E-state index contributed by atoms with van der Waals surface area (Å²) < 4.78 is 39.3. The number of alkyl halides is 3. The van der Waals surface area contributed by atoms with Gasteiger partial charge in [0.1, 0.15) is 6.04 Å². The van der Waals surface area contributed by atoms with E-state index in [1.54, 1.807) is 12.1 Å². The van der Waals surface area contributed by atoms with Crippen molar-refractivity contribution in [3.63, 3.8) is 0 Å². The number of nitrogens with zero attached hydrogens (tertiary/aromatic N) is 1. The van der Waals surface area contributed by atoms with Gasteiger partial charge in [-0.25, -0.2) is 0 Å². The van der Waals surface area contributed by atoms with E-state index in [4.69, 9.17) is 0 Å². The number of hydrogen-bond donors (Lipinski definition) is 1. The van der Waals surface area contributed by atoms with Gasteiger partial charge in [0.15, 0.2) is 0 Å². The molecule has 1 unspecified atom stereocenters. The van der Waals surface area contributed by atoms with E-state index >= 15 is 0 Å². The Kier molecular flexibility index (Phi) is 9.62. The van der Waals surface area contributed by atoms with Crippen LogP contribution in [-0.2, 0) is 16.4 Å². The summed E-state index contributed by atoms with van der Waals surface area (Å²) in [6.45, 7) is 10.0. The van der Waals surface area contributed by atoms with E-state index in [2.05, 4.69) is 32.6 Å². The first-order valence-electron chi connectivity index (χ1n) is 12.1. The van der Waals surface area contributed by atoms with Crippen LogP contribution in [0, 0.1) is 11.8 Å². The molecule has 1 atom stereocenters. The van der Waals surface area contributed by atoms with E-state index in [1.807, 2.05) is 0 Å². The fourth-order valence-corrected chi connectivity index (χ4v) is 4.87. The van der Waals surface area contributed by atoms with Gasteiger partial charge < -0.3 is 5.11 Å². The van der Waals surface area contributed by atoms with Gasteiger partial charge in [-0.05, 0) is 80.1 Å². The number of hydrogen-bond acceptors (Lipinski definition) is 2. The first kappa shape index (κ1) is 26.7. The fraction of sp³-hybridized carbons (Fsp3) is 0.731. The van der Waals surface area contributed by atoms with Gasteiger partial charge in [0.05, 0.1) is 5.56 Å². The lowest BCUT2D eigenvalue weighted by atomic mass is 9.65. The number of aliphatic carboxylic acids is 1. The van der Waals surface area contributed by atoms with Gasteiger partial charge in [-0.1, -0.05) is 59.1 Å². The van der Waals surface area contributed by atoms with E-state index in [0.717, 1.165) is 75.7 Å². The summed E-state index contributed by atoms with van der Waals surface area (Å²) >= 11 is 0. The highest BCUT2D eigenvalue weighted by atomic mass is 19.4. The van der Waals surface area contributed by atoms with E-state index in [-0.39, 0.29) is 5.41 Å². The third kappa shape index (κ3) is 7.50. The van der Waals surface area contributed by atoms with Crippen LogP contribution in [-0.4, -0.2) is 35.1 Å². The van der Waals surface area contributed by atoms with Crippen molar-refractivity contribution in [2.24, 2.45) is 11.8 Å². The zero-order valence-corrected chi connectivity index (χ0v) is 20.0. The largest absolute Gasteiger partial charge is 0.480 e. The number of halogens is 3. The van der Waals surface area contributed by atoms with Crippen molar-refractivity contribution in [3.05, 3.63) is 35.4 Å². The van der Waals surface area contributed by atoms with Crippen LogP contribution in [0.4, 0.5) is 13.2 Å². The molecule has 0 spiro atoms. The molecule has 1 saturated carbocycles. The molecule has 0 bridgehead atoms. The first-order chi connectivity index (χ1) is 14.9. The molecule has 0 amide bonds. The molecule has 1 aromatic carbocycles. The molecule has 0 radical (unpaired) electrons. The van der Waals surface area contributed by atoms with Crippen molar-refractivity contribution in [2.45, 2.75) is 96.7 Å². The average Bonchev–Trinajstić information content (AvgIpc) is 2.72. The summed E-state index contributed by atoms with van der Waals surface area (Å²) in [6.07, 6.45) is 2.62. The van der Waals surface area contributed by atoms with Crippen molar-refractivity contribution in [3.8, 4) is 0 Å². The summed E-state index contributed by atoms with van der Waals surface area (Å²) in [6, 6.07) is 4.83. The number of benzene rings is 1. The van der Waals surface area contributed by atoms with E-state index in [1.165, 1.54) is 0 Å². The van der Waals surface area contributed by atoms with Crippen LogP contribution in [0.5, 0.6) is 0 Å². The van der Waals surface area contributed by atoms with Crippen LogP contribution in [0.15, 0.2) is 24.3 Å². The van der Waals surface area contributed by atoms with Gasteiger partial charge in [0, 0.05) is 0 Å². The molecule has 1 aliphatic carbocycles. The number of rotatable bonds is 11.